The summed E-state index contributed by atoms with van der Waals surface area (Å²) >= 11 is 0. The normalized spacial score (nSPS) is 17.6. The molecule has 1 atom stereocenters. The molecule has 0 unspecified atom stereocenters. The second-order valence-corrected chi connectivity index (χ2v) is 6.99. The number of hydrogen-bond acceptors (Lipinski definition) is 7. The Morgan fingerprint density at radius 3 is 3.00 bits per heavy atom. The Labute approximate surface area is 146 Å². The fourth-order valence-corrected chi connectivity index (χ4v) is 2.71. The van der Waals surface area contributed by atoms with Crippen LogP contribution in [0.5, 0.6) is 0 Å². The van der Waals surface area contributed by atoms with Crippen LogP contribution in [0.3, 0.4) is 0 Å². The van der Waals surface area contributed by atoms with Crippen LogP contribution in [0.15, 0.2) is 28.9 Å². The molecule has 8 nitrogen and oxygen atoms in total. The van der Waals surface area contributed by atoms with Crippen LogP contribution in [0.2, 0.25) is 0 Å². The number of anilines is 1. The minimum atomic E-state index is -0.498. The van der Waals surface area contributed by atoms with E-state index in [2.05, 4.69) is 20.4 Å². The van der Waals surface area contributed by atoms with E-state index in [1.54, 1.807) is 11.1 Å². The van der Waals surface area contributed by atoms with E-state index in [9.17, 15) is 4.79 Å². The maximum absolute atomic E-state index is 12.3. The number of ether oxygens (including phenoxy) is 1. The van der Waals surface area contributed by atoms with E-state index in [1.165, 1.54) is 0 Å². The molecule has 3 rings (SSSR count). The topological polar surface area (TPSA) is 93.4 Å². The number of carbonyl (C=O) groups excluding carboxylic acids is 1. The van der Waals surface area contributed by atoms with E-state index in [0.717, 1.165) is 12.8 Å². The van der Waals surface area contributed by atoms with Crippen molar-refractivity contribution in [3.05, 3.63) is 24.4 Å². The van der Waals surface area contributed by atoms with Crippen LogP contribution in [-0.4, -0.2) is 50.9 Å². The van der Waals surface area contributed by atoms with E-state index >= 15 is 0 Å². The largest absolute Gasteiger partial charge is 0.444 e. The Balaban J connectivity index is 1.58. The molecule has 0 aromatic carbocycles. The van der Waals surface area contributed by atoms with E-state index in [1.807, 2.05) is 39.0 Å². The lowest BCUT2D eigenvalue weighted by molar-refractivity contribution is 0.0234. The minimum Gasteiger partial charge on any atom is -0.444 e. The molecule has 0 bridgehead atoms. The minimum absolute atomic E-state index is 0.0417. The van der Waals surface area contributed by atoms with Crippen LogP contribution in [0.25, 0.3) is 11.5 Å². The third-order valence-electron chi connectivity index (χ3n) is 3.81. The Kier molecular flexibility index (Phi) is 4.87. The van der Waals surface area contributed by atoms with Gasteiger partial charge in [-0.3, -0.25) is 4.98 Å². The van der Waals surface area contributed by atoms with Gasteiger partial charge < -0.3 is 19.5 Å². The third kappa shape index (κ3) is 4.46. The van der Waals surface area contributed by atoms with Crippen molar-refractivity contribution >= 4 is 12.1 Å². The molecule has 1 aliphatic heterocycles. The van der Waals surface area contributed by atoms with E-state index in [0.29, 0.717) is 30.6 Å². The van der Waals surface area contributed by atoms with Gasteiger partial charge >= 0.3 is 12.1 Å². The first-order valence-corrected chi connectivity index (χ1v) is 8.41. The second kappa shape index (κ2) is 7.08. The molecule has 2 aromatic rings. The molecule has 134 valence electrons. The van der Waals surface area contributed by atoms with Crippen molar-refractivity contribution in [3.8, 4) is 11.5 Å². The van der Waals surface area contributed by atoms with Gasteiger partial charge in [0.1, 0.15) is 11.3 Å². The molecule has 0 radical (unpaired) electrons. The maximum atomic E-state index is 12.3. The zero-order chi connectivity index (χ0) is 17.9. The number of aromatic nitrogens is 3. The lowest BCUT2D eigenvalue weighted by Crippen LogP contribution is -2.42. The quantitative estimate of drug-likeness (QED) is 0.910. The highest BCUT2D eigenvalue weighted by molar-refractivity contribution is 5.69. The Hall–Kier alpha value is -2.64. The van der Waals surface area contributed by atoms with Gasteiger partial charge in [-0.25, -0.2) is 4.79 Å². The summed E-state index contributed by atoms with van der Waals surface area (Å²) in [5, 5.41) is 7.02. The van der Waals surface area contributed by atoms with Crippen LogP contribution >= 0.6 is 0 Å². The molecular weight excluding hydrogens is 322 g/mol. The van der Waals surface area contributed by atoms with E-state index in [-0.39, 0.29) is 12.1 Å². The highest BCUT2D eigenvalue weighted by Gasteiger charge is 2.32. The number of nitrogens with one attached hydrogen (secondary N) is 1. The molecule has 0 spiro atoms. The van der Waals surface area contributed by atoms with Crippen molar-refractivity contribution in [1.82, 2.24) is 20.0 Å². The first kappa shape index (κ1) is 17.2. The van der Waals surface area contributed by atoms with Gasteiger partial charge in [-0.15, -0.1) is 0 Å². The fraction of sp³-hybridized carbons (Fsp3) is 0.529. The molecule has 8 heteroatoms. The van der Waals surface area contributed by atoms with Crippen molar-refractivity contribution in [2.75, 3.05) is 18.4 Å². The molecule has 1 saturated heterocycles. The van der Waals surface area contributed by atoms with Crippen LogP contribution in [0.1, 0.15) is 33.6 Å². The summed E-state index contributed by atoms with van der Waals surface area (Å²) in [5.74, 6) is 0.429. The highest BCUT2D eigenvalue weighted by atomic mass is 16.6. The van der Waals surface area contributed by atoms with Crippen molar-refractivity contribution in [2.24, 2.45) is 0 Å². The van der Waals surface area contributed by atoms with Crippen LogP contribution < -0.4 is 5.32 Å². The SMILES string of the molecule is CC(C)(C)OC(=O)N1CCC[C@H]1CNc1nc(-c2ccccn2)no1. The van der Waals surface area contributed by atoms with Crippen LogP contribution in [0, 0.1) is 0 Å². The number of pyridine rings is 1. The Morgan fingerprint density at radius 1 is 1.44 bits per heavy atom. The lowest BCUT2D eigenvalue weighted by atomic mass is 10.2. The summed E-state index contributed by atoms with van der Waals surface area (Å²) in [7, 11) is 0. The smallest absolute Gasteiger partial charge is 0.410 e. The number of carbonyl (C=O) groups is 1. The molecule has 1 fully saturated rings. The van der Waals surface area contributed by atoms with Crippen molar-refractivity contribution in [2.45, 2.75) is 45.3 Å². The van der Waals surface area contributed by atoms with Crippen molar-refractivity contribution < 1.29 is 14.1 Å². The first-order chi connectivity index (χ1) is 11.9. The lowest BCUT2D eigenvalue weighted by Gasteiger charge is -2.28. The zero-order valence-electron chi connectivity index (χ0n) is 14.7. The summed E-state index contributed by atoms with van der Waals surface area (Å²) in [5.41, 5.74) is 0.150. The van der Waals surface area contributed by atoms with Crippen molar-refractivity contribution in [3.63, 3.8) is 0 Å². The molecule has 1 N–H and O–H groups in total. The van der Waals surface area contributed by atoms with Crippen molar-refractivity contribution in [1.29, 1.82) is 0 Å². The van der Waals surface area contributed by atoms with Gasteiger partial charge in [-0.05, 0) is 45.7 Å². The zero-order valence-corrected chi connectivity index (χ0v) is 14.7. The monoisotopic (exact) mass is 345 g/mol. The predicted molar refractivity (Wildman–Crippen MR) is 92.0 cm³/mol. The maximum Gasteiger partial charge on any atom is 0.410 e. The van der Waals surface area contributed by atoms with Gasteiger partial charge in [0.2, 0.25) is 5.82 Å². The average Bonchev–Trinajstić information content (AvgIpc) is 3.21. The van der Waals surface area contributed by atoms with E-state index in [4.69, 9.17) is 9.26 Å². The van der Waals surface area contributed by atoms with E-state index < -0.39 is 5.60 Å². The van der Waals surface area contributed by atoms with Gasteiger partial charge in [-0.2, -0.15) is 4.98 Å². The molecule has 1 aliphatic rings. The standard InChI is InChI=1S/C17H23N5O3/c1-17(2,3)24-16(23)22-10-6-7-12(22)11-19-15-20-14(21-25-15)13-8-4-5-9-18-13/h4-5,8-9,12H,6-7,10-11H2,1-3H3,(H,19,20,21)/t12-/m0/s1. The number of hydrogen-bond donors (Lipinski definition) is 1. The second-order valence-electron chi connectivity index (χ2n) is 6.99. The third-order valence-corrected chi connectivity index (χ3v) is 3.81. The number of amides is 1. The molecule has 0 aliphatic carbocycles. The molecular formula is C17H23N5O3. The molecule has 25 heavy (non-hydrogen) atoms. The molecule has 2 aromatic heterocycles. The highest BCUT2D eigenvalue weighted by Crippen LogP contribution is 2.22. The average molecular weight is 345 g/mol. The molecule has 1 amide bonds. The summed E-state index contributed by atoms with van der Waals surface area (Å²) in [6.45, 7) is 6.83. The number of likely N-dealkylation sites (tertiary alicyclic amines) is 1. The fourth-order valence-electron chi connectivity index (χ4n) is 2.71. The molecule has 3 heterocycles. The molecule has 0 saturated carbocycles. The van der Waals surface area contributed by atoms with Gasteiger partial charge in [0, 0.05) is 19.3 Å². The van der Waals surface area contributed by atoms with Gasteiger partial charge in [0.05, 0.1) is 6.04 Å². The summed E-state index contributed by atoms with van der Waals surface area (Å²) in [6.07, 6.45) is 3.26. The van der Waals surface area contributed by atoms with Gasteiger partial charge in [0.25, 0.3) is 0 Å². The first-order valence-electron chi connectivity index (χ1n) is 8.41. The van der Waals surface area contributed by atoms with Gasteiger partial charge in [-0.1, -0.05) is 11.2 Å². The summed E-state index contributed by atoms with van der Waals surface area (Å²) in [4.78, 5) is 22.5. The van der Waals surface area contributed by atoms with Crippen LogP contribution in [0.4, 0.5) is 10.8 Å². The van der Waals surface area contributed by atoms with Crippen LogP contribution in [-0.2, 0) is 4.74 Å². The Morgan fingerprint density at radius 2 is 2.28 bits per heavy atom. The predicted octanol–water partition coefficient (Wildman–Crippen LogP) is 2.94. The number of nitrogens with zero attached hydrogens (tertiary/aromatic N) is 4. The van der Waals surface area contributed by atoms with Gasteiger partial charge in [0.15, 0.2) is 0 Å². The Bertz CT molecular complexity index is 711. The summed E-state index contributed by atoms with van der Waals surface area (Å²) < 4.78 is 10.7. The number of rotatable bonds is 4. The summed E-state index contributed by atoms with van der Waals surface area (Å²) in [6, 6.07) is 5.87.